The van der Waals surface area contributed by atoms with E-state index in [9.17, 15) is 4.79 Å². The van der Waals surface area contributed by atoms with Crippen molar-refractivity contribution >= 4 is 40.9 Å². The highest BCUT2D eigenvalue weighted by molar-refractivity contribution is 6.41. The summed E-state index contributed by atoms with van der Waals surface area (Å²) in [6, 6.07) is 5.54. The zero-order chi connectivity index (χ0) is 17.6. The van der Waals surface area contributed by atoms with E-state index >= 15 is 0 Å². The molecule has 0 aliphatic carbocycles. The summed E-state index contributed by atoms with van der Waals surface area (Å²) < 4.78 is 1.67. The molecule has 1 aliphatic rings. The number of fused-ring (bicyclic) bond motifs is 1. The molecule has 0 radical (unpaired) electrons. The van der Waals surface area contributed by atoms with E-state index < -0.39 is 0 Å². The highest BCUT2D eigenvalue weighted by Crippen LogP contribution is 2.40. The molecule has 0 unspecified atom stereocenters. The van der Waals surface area contributed by atoms with Gasteiger partial charge in [-0.15, -0.1) is 0 Å². The predicted octanol–water partition coefficient (Wildman–Crippen LogP) is 1.86. The quantitative estimate of drug-likeness (QED) is 0.551. The Hall–Kier alpha value is -3.13. The SMILES string of the molecule is Cn1ccc(CN2C(=O)/C(=C\c3ccc[nH]3)c3c(Cl)nc(N)nc32)n1. The highest BCUT2D eigenvalue weighted by atomic mass is 35.5. The molecule has 4 rings (SSSR count). The molecular formula is C16H14ClN7O. The minimum absolute atomic E-state index is 0.0173. The number of aromatic amines is 1. The summed E-state index contributed by atoms with van der Waals surface area (Å²) >= 11 is 6.27. The number of hydrogen-bond acceptors (Lipinski definition) is 5. The first-order valence-electron chi connectivity index (χ1n) is 7.52. The number of anilines is 2. The molecule has 0 saturated heterocycles. The van der Waals surface area contributed by atoms with Crippen molar-refractivity contribution in [3.63, 3.8) is 0 Å². The molecule has 9 heteroatoms. The Morgan fingerprint density at radius 1 is 1.36 bits per heavy atom. The fourth-order valence-electron chi connectivity index (χ4n) is 2.79. The van der Waals surface area contributed by atoms with Gasteiger partial charge in [-0.2, -0.15) is 10.1 Å². The van der Waals surface area contributed by atoms with Gasteiger partial charge in [-0.25, -0.2) is 4.98 Å². The topological polar surface area (TPSA) is 106 Å². The van der Waals surface area contributed by atoms with Crippen LogP contribution in [0.5, 0.6) is 0 Å². The second kappa shape index (κ2) is 5.75. The van der Waals surface area contributed by atoms with E-state index in [2.05, 4.69) is 20.1 Å². The second-order valence-corrected chi connectivity index (χ2v) is 5.98. The number of halogens is 1. The van der Waals surface area contributed by atoms with Crippen LogP contribution in [0.3, 0.4) is 0 Å². The fourth-order valence-corrected chi connectivity index (χ4v) is 3.07. The lowest BCUT2D eigenvalue weighted by Gasteiger charge is -2.14. The van der Waals surface area contributed by atoms with Crippen molar-refractivity contribution in [2.75, 3.05) is 10.6 Å². The van der Waals surface area contributed by atoms with E-state index in [1.165, 1.54) is 4.90 Å². The van der Waals surface area contributed by atoms with Crippen molar-refractivity contribution in [1.82, 2.24) is 24.7 Å². The average molecular weight is 356 g/mol. The molecule has 1 amide bonds. The van der Waals surface area contributed by atoms with Crippen LogP contribution in [0.2, 0.25) is 5.15 Å². The normalized spacial score (nSPS) is 15.2. The number of nitrogens with zero attached hydrogens (tertiary/aromatic N) is 5. The van der Waals surface area contributed by atoms with Crippen LogP contribution in [0, 0.1) is 0 Å². The van der Waals surface area contributed by atoms with Crippen molar-refractivity contribution < 1.29 is 4.79 Å². The third kappa shape index (κ3) is 2.66. The number of aromatic nitrogens is 5. The van der Waals surface area contributed by atoms with E-state index in [0.29, 0.717) is 17.0 Å². The number of hydrogen-bond donors (Lipinski definition) is 2. The first kappa shape index (κ1) is 15.4. The number of aryl methyl sites for hydroxylation is 1. The average Bonchev–Trinajstić information content (AvgIpc) is 3.26. The Labute approximate surface area is 147 Å². The first-order valence-corrected chi connectivity index (χ1v) is 7.89. The molecular weight excluding hydrogens is 342 g/mol. The summed E-state index contributed by atoms with van der Waals surface area (Å²) in [5.74, 6) is 0.187. The van der Waals surface area contributed by atoms with Crippen LogP contribution in [0.1, 0.15) is 17.0 Å². The molecule has 0 fully saturated rings. The number of carbonyl (C=O) groups is 1. The molecule has 0 aromatic carbocycles. The summed E-state index contributed by atoms with van der Waals surface area (Å²) in [4.78, 5) is 25.8. The zero-order valence-corrected chi connectivity index (χ0v) is 14.0. The van der Waals surface area contributed by atoms with Gasteiger partial charge in [0, 0.05) is 25.1 Å². The number of nitrogen functional groups attached to an aromatic ring is 1. The van der Waals surface area contributed by atoms with Gasteiger partial charge in [-0.3, -0.25) is 14.4 Å². The van der Waals surface area contributed by atoms with Gasteiger partial charge in [0.05, 0.1) is 23.4 Å². The van der Waals surface area contributed by atoms with Crippen LogP contribution in [-0.2, 0) is 18.4 Å². The summed E-state index contributed by atoms with van der Waals surface area (Å²) in [7, 11) is 1.82. The zero-order valence-electron chi connectivity index (χ0n) is 13.3. The fraction of sp³-hybridized carbons (Fsp3) is 0.125. The van der Waals surface area contributed by atoms with Crippen molar-refractivity contribution in [1.29, 1.82) is 0 Å². The van der Waals surface area contributed by atoms with Crippen LogP contribution in [0.15, 0.2) is 30.6 Å². The van der Waals surface area contributed by atoms with Gasteiger partial charge in [0.2, 0.25) is 5.95 Å². The van der Waals surface area contributed by atoms with Crippen molar-refractivity contribution in [3.8, 4) is 0 Å². The van der Waals surface area contributed by atoms with Crippen LogP contribution >= 0.6 is 11.6 Å². The maximum Gasteiger partial charge on any atom is 0.260 e. The predicted molar refractivity (Wildman–Crippen MR) is 94.5 cm³/mol. The standard InChI is InChI=1S/C16H14ClN7O/c1-23-6-4-10(22-23)8-24-14-12(13(17)20-16(18)21-14)11(15(24)25)7-9-3-2-5-19-9/h2-7,19H,8H2,1H3,(H2,18,20,21)/b11-7-. The summed E-state index contributed by atoms with van der Waals surface area (Å²) in [5.41, 5.74) is 8.13. The van der Waals surface area contributed by atoms with Crippen molar-refractivity contribution in [3.05, 3.63) is 52.7 Å². The number of nitrogens with one attached hydrogen (secondary N) is 1. The Kier molecular flexibility index (Phi) is 3.54. The Morgan fingerprint density at radius 3 is 2.88 bits per heavy atom. The van der Waals surface area contributed by atoms with Crippen molar-refractivity contribution in [2.45, 2.75) is 6.54 Å². The molecule has 1 aliphatic heterocycles. The number of amides is 1. The third-order valence-electron chi connectivity index (χ3n) is 3.87. The Bertz CT molecular complexity index is 990. The Morgan fingerprint density at radius 2 is 2.20 bits per heavy atom. The molecule has 0 saturated carbocycles. The number of nitrogens with two attached hydrogens (primary N) is 1. The van der Waals surface area contributed by atoms with Gasteiger partial charge in [0.25, 0.3) is 5.91 Å². The molecule has 3 N–H and O–H groups in total. The first-order chi connectivity index (χ1) is 12.0. The molecule has 25 heavy (non-hydrogen) atoms. The number of H-pyrrole nitrogens is 1. The van der Waals surface area contributed by atoms with E-state index in [-0.39, 0.29) is 23.6 Å². The summed E-state index contributed by atoms with van der Waals surface area (Å²) in [6.07, 6.45) is 5.32. The molecule has 0 bridgehead atoms. The van der Waals surface area contributed by atoms with Gasteiger partial charge >= 0.3 is 0 Å². The minimum atomic E-state index is -0.225. The number of carbonyl (C=O) groups excluding carboxylic acids is 1. The summed E-state index contributed by atoms with van der Waals surface area (Å²) in [5, 5.41) is 4.47. The van der Waals surface area contributed by atoms with Crippen molar-refractivity contribution in [2.24, 2.45) is 7.05 Å². The van der Waals surface area contributed by atoms with E-state index in [4.69, 9.17) is 17.3 Å². The molecule has 4 heterocycles. The Balaban J connectivity index is 1.83. The molecule has 0 atom stereocenters. The minimum Gasteiger partial charge on any atom is -0.368 e. The molecule has 3 aromatic heterocycles. The van der Waals surface area contributed by atoms with E-state index in [1.807, 2.05) is 31.4 Å². The van der Waals surface area contributed by atoms with Gasteiger partial charge in [-0.1, -0.05) is 11.6 Å². The maximum atomic E-state index is 13.0. The molecule has 126 valence electrons. The van der Waals surface area contributed by atoms with Gasteiger partial charge in [-0.05, 0) is 24.3 Å². The largest absolute Gasteiger partial charge is 0.368 e. The third-order valence-corrected chi connectivity index (χ3v) is 4.15. The van der Waals surface area contributed by atoms with Crippen LogP contribution in [-0.4, -0.2) is 30.6 Å². The molecule has 8 nitrogen and oxygen atoms in total. The summed E-state index contributed by atoms with van der Waals surface area (Å²) in [6.45, 7) is 0.265. The second-order valence-electron chi connectivity index (χ2n) is 5.63. The smallest absolute Gasteiger partial charge is 0.260 e. The van der Waals surface area contributed by atoms with E-state index in [1.54, 1.807) is 17.0 Å². The number of rotatable bonds is 3. The monoisotopic (exact) mass is 355 g/mol. The van der Waals surface area contributed by atoms with Gasteiger partial charge < -0.3 is 10.7 Å². The van der Waals surface area contributed by atoms with Crippen LogP contribution in [0.4, 0.5) is 11.8 Å². The lowest BCUT2D eigenvalue weighted by molar-refractivity contribution is -0.113. The van der Waals surface area contributed by atoms with Gasteiger partial charge in [0.15, 0.2) is 5.82 Å². The lowest BCUT2D eigenvalue weighted by atomic mass is 10.1. The van der Waals surface area contributed by atoms with Gasteiger partial charge in [0.1, 0.15) is 5.15 Å². The van der Waals surface area contributed by atoms with Crippen LogP contribution in [0.25, 0.3) is 11.6 Å². The van der Waals surface area contributed by atoms with Crippen LogP contribution < -0.4 is 10.6 Å². The molecule has 0 spiro atoms. The molecule has 3 aromatic rings. The highest BCUT2D eigenvalue weighted by Gasteiger charge is 2.37. The maximum absolute atomic E-state index is 13.0. The lowest BCUT2D eigenvalue weighted by Crippen LogP contribution is -2.26. The van der Waals surface area contributed by atoms with E-state index in [0.717, 1.165) is 11.4 Å².